The standard InChI is InChI=1S/C53H54N6O2.C8H16.C2H6/c1-8-13-14-17-26-39-58(47-30-22-18-23-31-47)45(11-4)36-27-29-41(6)50-54-57-53(61-50)44(28-9-2)40-43(10-3)52-56-55-51(60-52)42(7)37-38-46(12-5)59(49-34-24-19-25-35-49)48-32-20-15-16-21-33-48;1-6-8(4,5)7(2)3;1-2/h8-15,17-28,30-38,40H,1,5-6,16,29,39H2,2-4,7H3;2,6H2,1,3-5H3;1-2H3/b14-13-,26-17-,28-9-,36-27?,42-37+,43-10+,44-40+,45-11+,46-38+;;. The first-order valence-electron chi connectivity index (χ1n) is 24.4. The number of rotatable bonds is 22. The summed E-state index contributed by atoms with van der Waals surface area (Å²) in [4.78, 5) is 4.40. The minimum absolute atomic E-state index is 0.342. The van der Waals surface area contributed by atoms with Gasteiger partial charge in [-0.25, -0.2) is 0 Å². The van der Waals surface area contributed by atoms with E-state index in [0.717, 1.165) is 40.5 Å². The van der Waals surface area contributed by atoms with Crippen molar-refractivity contribution in [1.82, 2.24) is 20.4 Å². The van der Waals surface area contributed by atoms with Crippen molar-refractivity contribution >= 4 is 33.7 Å². The summed E-state index contributed by atoms with van der Waals surface area (Å²) in [6.45, 7) is 37.2. The lowest BCUT2D eigenvalue weighted by atomic mass is 9.84. The van der Waals surface area contributed by atoms with E-state index >= 15 is 0 Å². The number of anilines is 2. The van der Waals surface area contributed by atoms with Crippen LogP contribution in [0.15, 0.2) is 240 Å². The molecule has 0 spiro atoms. The van der Waals surface area contributed by atoms with E-state index in [1.54, 1.807) is 6.08 Å². The highest BCUT2D eigenvalue weighted by Gasteiger charge is 2.18. The fourth-order valence-corrected chi connectivity index (χ4v) is 6.44. The van der Waals surface area contributed by atoms with Crippen LogP contribution in [0.1, 0.15) is 112 Å². The van der Waals surface area contributed by atoms with Gasteiger partial charge in [0.2, 0.25) is 23.6 Å². The Hall–Kier alpha value is -7.84. The van der Waals surface area contributed by atoms with Crippen molar-refractivity contribution in [1.29, 1.82) is 0 Å². The molecular weight excluding hydrogens is 873 g/mol. The smallest absolute Gasteiger partial charge is 0.248 e. The lowest BCUT2D eigenvalue weighted by Gasteiger charge is -2.27. The summed E-state index contributed by atoms with van der Waals surface area (Å²) in [6.07, 6.45) is 42.5. The Morgan fingerprint density at radius 1 is 0.718 bits per heavy atom. The predicted octanol–water partition coefficient (Wildman–Crippen LogP) is 17.6. The van der Waals surface area contributed by atoms with E-state index in [4.69, 9.17) is 8.83 Å². The number of hydrogen-bond donors (Lipinski definition) is 0. The van der Waals surface area contributed by atoms with E-state index in [9.17, 15) is 0 Å². The van der Waals surface area contributed by atoms with E-state index < -0.39 is 0 Å². The van der Waals surface area contributed by atoms with Crippen LogP contribution in [0, 0.1) is 5.41 Å². The molecule has 0 aliphatic heterocycles. The molecule has 370 valence electrons. The van der Waals surface area contributed by atoms with Crippen LogP contribution >= 0.6 is 0 Å². The molecule has 0 fully saturated rings. The van der Waals surface area contributed by atoms with E-state index in [1.807, 2.05) is 139 Å². The van der Waals surface area contributed by atoms with Gasteiger partial charge in [0, 0.05) is 57.3 Å². The van der Waals surface area contributed by atoms with Gasteiger partial charge in [-0.3, -0.25) is 0 Å². The SMILES string of the molecule is C=C(C)C(C)(C)CC.C=C/C=C\C=C/CN(/C(C=CCC(=C)c1nnc(C(/C=C\C)=C/C(=C\C)c2nnc(/C(C)=C/C=C(\C=C)N(C3=CC=CCC=C3)c3ccccc3)o2)o1)=C/C)c1ccccc1.CC. The second-order valence-electron chi connectivity index (χ2n) is 16.6. The van der Waals surface area contributed by atoms with Gasteiger partial charge in [0.05, 0.1) is 0 Å². The first-order chi connectivity index (χ1) is 34.4. The first-order valence-corrected chi connectivity index (χ1v) is 24.4. The Balaban J connectivity index is 0.00000121. The molecule has 0 N–H and O–H groups in total. The molecule has 1 aliphatic rings. The van der Waals surface area contributed by atoms with E-state index in [-0.39, 0.29) is 0 Å². The molecule has 0 bridgehead atoms. The van der Waals surface area contributed by atoms with E-state index in [1.165, 1.54) is 12.0 Å². The molecule has 0 amide bonds. The summed E-state index contributed by atoms with van der Waals surface area (Å²) >= 11 is 0. The van der Waals surface area contributed by atoms with Crippen molar-refractivity contribution in [3.63, 3.8) is 0 Å². The molecule has 8 nitrogen and oxygen atoms in total. The summed E-state index contributed by atoms with van der Waals surface area (Å²) < 4.78 is 12.4. The zero-order chi connectivity index (χ0) is 52.0. The third kappa shape index (κ3) is 18.2. The largest absolute Gasteiger partial charge is 0.417 e. The molecule has 0 saturated carbocycles. The fraction of sp³-hybridized carbons (Fsp3) is 0.238. The Morgan fingerprint density at radius 2 is 1.35 bits per heavy atom. The third-order valence-corrected chi connectivity index (χ3v) is 11.3. The lowest BCUT2D eigenvalue weighted by molar-refractivity contribution is 0.431. The van der Waals surface area contributed by atoms with Gasteiger partial charge in [-0.1, -0.05) is 188 Å². The Labute approximate surface area is 426 Å². The van der Waals surface area contributed by atoms with Crippen LogP contribution in [0.3, 0.4) is 0 Å². The Kier molecular flexibility index (Phi) is 25.4. The highest BCUT2D eigenvalue weighted by atomic mass is 16.4. The molecule has 2 heterocycles. The molecule has 0 atom stereocenters. The van der Waals surface area contributed by atoms with Crippen LogP contribution in [0.2, 0.25) is 0 Å². The Morgan fingerprint density at radius 3 is 1.94 bits per heavy atom. The number of hydrogen-bond acceptors (Lipinski definition) is 8. The third-order valence-electron chi connectivity index (χ3n) is 11.3. The second-order valence-corrected chi connectivity index (χ2v) is 16.6. The topological polar surface area (TPSA) is 84.3 Å². The number of allylic oxidation sites excluding steroid dienone is 24. The molecule has 2 aromatic heterocycles. The number of benzene rings is 2. The van der Waals surface area contributed by atoms with Gasteiger partial charge >= 0.3 is 0 Å². The maximum atomic E-state index is 6.22. The highest BCUT2D eigenvalue weighted by Crippen LogP contribution is 2.30. The zero-order valence-corrected chi connectivity index (χ0v) is 44.0. The lowest BCUT2D eigenvalue weighted by Crippen LogP contribution is -2.21. The normalized spacial score (nSPS) is 13.7. The number of nitrogens with zero attached hydrogens (tertiary/aromatic N) is 6. The van der Waals surface area contributed by atoms with Gasteiger partial charge in [-0.15, -0.1) is 20.4 Å². The quantitative estimate of drug-likeness (QED) is 0.0569. The van der Waals surface area contributed by atoms with Crippen LogP contribution < -0.4 is 9.80 Å². The molecule has 71 heavy (non-hydrogen) atoms. The minimum atomic E-state index is 0.342. The summed E-state index contributed by atoms with van der Waals surface area (Å²) in [6, 6.07) is 20.5. The summed E-state index contributed by atoms with van der Waals surface area (Å²) in [7, 11) is 0. The fourth-order valence-electron chi connectivity index (χ4n) is 6.44. The Bertz CT molecular complexity index is 2720. The van der Waals surface area contributed by atoms with Crippen LogP contribution in [0.25, 0.3) is 22.3 Å². The summed E-state index contributed by atoms with van der Waals surface area (Å²) in [5, 5.41) is 17.5. The second kappa shape index (κ2) is 31.3. The van der Waals surface area contributed by atoms with Crippen molar-refractivity contribution < 1.29 is 8.83 Å². The molecule has 0 unspecified atom stereocenters. The van der Waals surface area contributed by atoms with Crippen LogP contribution in [-0.4, -0.2) is 26.9 Å². The predicted molar refractivity (Wildman–Crippen MR) is 306 cm³/mol. The molecule has 2 aromatic carbocycles. The van der Waals surface area contributed by atoms with Crippen molar-refractivity contribution in [2.24, 2.45) is 5.41 Å². The van der Waals surface area contributed by atoms with Gasteiger partial charge in [-0.2, -0.15) is 0 Å². The number of aromatic nitrogens is 4. The summed E-state index contributed by atoms with van der Waals surface area (Å²) in [5.41, 5.74) is 9.56. The van der Waals surface area contributed by atoms with Gasteiger partial charge in [0.25, 0.3) is 0 Å². The zero-order valence-electron chi connectivity index (χ0n) is 44.0. The molecule has 4 aromatic rings. The van der Waals surface area contributed by atoms with Crippen LogP contribution in [0.4, 0.5) is 11.4 Å². The molecule has 0 radical (unpaired) electrons. The van der Waals surface area contributed by atoms with E-state index in [2.05, 4.69) is 163 Å². The summed E-state index contributed by atoms with van der Waals surface area (Å²) in [5.74, 6) is 1.45. The molecule has 0 saturated heterocycles. The first kappa shape index (κ1) is 57.5. The van der Waals surface area contributed by atoms with Gasteiger partial charge in [-0.05, 0) is 120 Å². The molecule has 5 rings (SSSR count). The maximum absolute atomic E-state index is 6.22. The average Bonchev–Trinajstić information content (AvgIpc) is 4.03. The minimum Gasteiger partial charge on any atom is -0.417 e. The van der Waals surface area contributed by atoms with Crippen molar-refractivity contribution in [3.8, 4) is 0 Å². The van der Waals surface area contributed by atoms with Crippen LogP contribution in [-0.2, 0) is 0 Å². The van der Waals surface area contributed by atoms with Gasteiger partial charge < -0.3 is 18.6 Å². The monoisotopic (exact) mass is 949 g/mol. The number of para-hydroxylation sites is 2. The van der Waals surface area contributed by atoms with Crippen molar-refractivity contribution in [2.75, 3.05) is 16.3 Å². The highest BCUT2D eigenvalue weighted by molar-refractivity contribution is 5.83. The van der Waals surface area contributed by atoms with Gasteiger partial charge in [0.15, 0.2) is 0 Å². The van der Waals surface area contributed by atoms with Gasteiger partial charge in [0.1, 0.15) is 0 Å². The van der Waals surface area contributed by atoms with Crippen molar-refractivity contribution in [2.45, 2.75) is 88.5 Å². The maximum Gasteiger partial charge on any atom is 0.248 e. The van der Waals surface area contributed by atoms with E-state index in [0.29, 0.717) is 58.7 Å². The van der Waals surface area contributed by atoms with Crippen molar-refractivity contribution in [3.05, 3.63) is 255 Å². The molecule has 8 heteroatoms. The average molecular weight is 949 g/mol. The van der Waals surface area contributed by atoms with Crippen LogP contribution in [0.5, 0.6) is 0 Å². The molecule has 1 aliphatic carbocycles. The molecular formula is C63H76N6O2.